The number of hydrogen-bond acceptors (Lipinski definition) is 11. The largest absolute Gasteiger partial charge is 0.462 e. The Bertz CT molecular complexity index is 1350. The highest BCUT2D eigenvalue weighted by molar-refractivity contribution is 5.66. The molecule has 8 aliphatic rings. The van der Waals surface area contributed by atoms with Gasteiger partial charge in [0.15, 0.2) is 12.1 Å². The molecule has 48 heavy (non-hydrogen) atoms. The third kappa shape index (κ3) is 3.90. The number of fused-ring (bicyclic) bond motifs is 4. The number of esters is 1. The summed E-state index contributed by atoms with van der Waals surface area (Å²) in [5.41, 5.74) is -2.98. The molecule has 11 nitrogen and oxygen atoms in total. The summed E-state index contributed by atoms with van der Waals surface area (Å²) in [5, 5.41) is 55.0. The van der Waals surface area contributed by atoms with Crippen LogP contribution in [0.3, 0.4) is 0 Å². The van der Waals surface area contributed by atoms with E-state index in [1.165, 1.54) is 6.92 Å². The molecule has 0 unspecified atom stereocenters. The first-order valence-corrected chi connectivity index (χ1v) is 18.5. The minimum atomic E-state index is -1.34. The van der Waals surface area contributed by atoms with Crippen molar-refractivity contribution in [3.63, 3.8) is 0 Å². The van der Waals surface area contributed by atoms with E-state index in [0.717, 1.165) is 38.5 Å². The van der Waals surface area contributed by atoms with Crippen LogP contribution in [0.15, 0.2) is 0 Å². The summed E-state index contributed by atoms with van der Waals surface area (Å²) in [4.78, 5) is 12.9. The molecule has 0 aromatic heterocycles. The second-order valence-electron chi connectivity index (χ2n) is 18.9. The van der Waals surface area contributed by atoms with E-state index in [4.69, 9.17) is 23.7 Å². The van der Waals surface area contributed by atoms with E-state index in [-0.39, 0.29) is 64.7 Å². The van der Waals surface area contributed by atoms with Crippen LogP contribution >= 0.6 is 0 Å². The summed E-state index contributed by atoms with van der Waals surface area (Å²) in [6, 6.07) is 0. The van der Waals surface area contributed by atoms with Crippen LogP contribution < -0.4 is 0 Å². The third-order valence-electron chi connectivity index (χ3n) is 16.2. The molecule has 0 amide bonds. The Balaban J connectivity index is 1.16. The van der Waals surface area contributed by atoms with Crippen molar-refractivity contribution in [3.8, 4) is 0 Å². The van der Waals surface area contributed by atoms with Gasteiger partial charge in [0, 0.05) is 23.7 Å². The molecular formula is C37H58O11. The average Bonchev–Trinajstić information content (AvgIpc) is 3.48. The monoisotopic (exact) mass is 678 g/mol. The summed E-state index contributed by atoms with van der Waals surface area (Å²) < 4.78 is 32.2. The molecule has 8 rings (SSSR count). The molecule has 0 radical (unpaired) electrons. The standard InChI is InChI=1S/C37H58O11/c1-17-13-20-28(32(5,6)43)48-37(47-20)27(17)34(8)24(45-18(2)38)14-36-16-35(36)12-11-23(46-29-26(41)25(40)19(39)15-44-29)31(3,4)21(35)9-10-22(36)33(34,7)30(37)42/h17,19-30,39-43H,9-16H2,1-8H3/t17-,19-,20-,21+,22+,23+,24-,25+,26-,27-,28-,29+,30-,33-,34-,35-,36+,37+/m1/s1. The molecule has 18 atom stereocenters. The summed E-state index contributed by atoms with van der Waals surface area (Å²) in [6.07, 6.45) is -1.55. The number of aliphatic hydroxyl groups excluding tert-OH is 4. The molecule has 3 saturated heterocycles. The summed E-state index contributed by atoms with van der Waals surface area (Å²) in [5.74, 6) is -1.33. The van der Waals surface area contributed by atoms with E-state index < -0.39 is 65.1 Å². The fraction of sp³-hybridized carbons (Fsp3) is 0.973. The summed E-state index contributed by atoms with van der Waals surface area (Å²) in [7, 11) is 0. The Morgan fingerprint density at radius 3 is 2.25 bits per heavy atom. The lowest BCUT2D eigenvalue weighted by Crippen LogP contribution is -2.65. The lowest BCUT2D eigenvalue weighted by atomic mass is 9.40. The Labute approximate surface area is 284 Å². The molecule has 5 aliphatic carbocycles. The highest BCUT2D eigenvalue weighted by Crippen LogP contribution is 2.90. The molecule has 2 bridgehead atoms. The summed E-state index contributed by atoms with van der Waals surface area (Å²) >= 11 is 0. The highest BCUT2D eigenvalue weighted by Gasteiger charge is 2.90. The Morgan fingerprint density at radius 2 is 1.58 bits per heavy atom. The molecule has 3 spiro atoms. The zero-order valence-electron chi connectivity index (χ0n) is 29.8. The van der Waals surface area contributed by atoms with E-state index in [1.807, 2.05) is 0 Å². The maximum absolute atomic E-state index is 12.9. The fourth-order valence-electron chi connectivity index (χ4n) is 14.3. The third-order valence-corrected chi connectivity index (χ3v) is 16.2. The number of carbonyl (C=O) groups is 1. The van der Waals surface area contributed by atoms with Crippen molar-refractivity contribution in [2.75, 3.05) is 6.61 Å². The first-order chi connectivity index (χ1) is 22.2. The maximum atomic E-state index is 12.9. The van der Waals surface area contributed by atoms with E-state index in [9.17, 15) is 30.3 Å². The van der Waals surface area contributed by atoms with Gasteiger partial charge in [-0.2, -0.15) is 0 Å². The van der Waals surface area contributed by atoms with Crippen LogP contribution in [0.2, 0.25) is 0 Å². The Morgan fingerprint density at radius 1 is 0.896 bits per heavy atom. The van der Waals surface area contributed by atoms with Crippen LogP contribution in [0.1, 0.15) is 100 Å². The van der Waals surface area contributed by atoms with Gasteiger partial charge < -0.3 is 49.2 Å². The molecule has 3 aliphatic heterocycles. The van der Waals surface area contributed by atoms with Crippen LogP contribution in [0.4, 0.5) is 0 Å². The van der Waals surface area contributed by atoms with E-state index >= 15 is 0 Å². The van der Waals surface area contributed by atoms with Crippen molar-refractivity contribution in [1.29, 1.82) is 0 Å². The van der Waals surface area contributed by atoms with Crippen molar-refractivity contribution in [3.05, 3.63) is 0 Å². The second kappa shape index (κ2) is 10.2. The number of rotatable bonds is 4. The molecule has 5 saturated carbocycles. The minimum Gasteiger partial charge on any atom is -0.462 e. The molecule has 8 fully saturated rings. The molecule has 0 aromatic rings. The Kier molecular flexibility index (Phi) is 7.24. The molecule has 3 heterocycles. The van der Waals surface area contributed by atoms with Crippen molar-refractivity contribution >= 4 is 5.97 Å². The lowest BCUT2D eigenvalue weighted by Gasteiger charge is -2.65. The van der Waals surface area contributed by atoms with Gasteiger partial charge in [-0.25, -0.2) is 0 Å². The van der Waals surface area contributed by atoms with Gasteiger partial charge >= 0.3 is 5.97 Å². The predicted octanol–water partition coefficient (Wildman–Crippen LogP) is 2.66. The summed E-state index contributed by atoms with van der Waals surface area (Å²) in [6.45, 7) is 16.0. The number of aliphatic hydroxyl groups is 5. The van der Waals surface area contributed by atoms with Crippen LogP contribution in [-0.2, 0) is 28.5 Å². The normalized spacial score (nSPS) is 59.4. The first-order valence-electron chi connectivity index (χ1n) is 18.5. The van der Waals surface area contributed by atoms with Crippen LogP contribution in [0.5, 0.6) is 0 Å². The smallest absolute Gasteiger partial charge is 0.302 e. The van der Waals surface area contributed by atoms with E-state index in [1.54, 1.807) is 13.8 Å². The number of carbonyl (C=O) groups excluding carboxylic acids is 1. The SMILES string of the molecule is CC(=O)O[C@@H]1C[C@@]23C[C@@]24CC[C@H](O[C@@H]2OC[C@@H](O)[C@H](O)[C@H]2O)C(C)(C)[C@@H]4CC[C@H]3[C@]2(C)[C@@H](O)[C@@]34O[C@@H](C(C)(C)O)[C@@H](C[C@@H](C)[C@@H]3[C@@]12C)O4. The van der Waals surface area contributed by atoms with Gasteiger partial charge in [0.2, 0.25) is 0 Å². The van der Waals surface area contributed by atoms with E-state index in [0.29, 0.717) is 6.42 Å². The number of ether oxygens (including phenoxy) is 5. The van der Waals surface area contributed by atoms with Gasteiger partial charge in [0.25, 0.3) is 0 Å². The van der Waals surface area contributed by atoms with Crippen molar-refractivity contribution in [1.82, 2.24) is 0 Å². The highest BCUT2D eigenvalue weighted by atomic mass is 16.8. The lowest BCUT2D eigenvalue weighted by molar-refractivity contribution is -0.304. The van der Waals surface area contributed by atoms with Crippen molar-refractivity contribution in [2.24, 2.45) is 50.7 Å². The number of hydrogen-bond donors (Lipinski definition) is 5. The van der Waals surface area contributed by atoms with Gasteiger partial charge in [-0.05, 0) is 92.8 Å². The van der Waals surface area contributed by atoms with Crippen molar-refractivity contribution in [2.45, 2.75) is 167 Å². The minimum absolute atomic E-state index is 0.0317. The van der Waals surface area contributed by atoms with Gasteiger partial charge in [0.1, 0.15) is 36.6 Å². The molecule has 272 valence electrons. The van der Waals surface area contributed by atoms with Gasteiger partial charge in [0.05, 0.1) is 24.4 Å². The predicted molar refractivity (Wildman–Crippen MR) is 170 cm³/mol. The topological polar surface area (TPSA) is 164 Å². The van der Waals surface area contributed by atoms with Gasteiger partial charge in [-0.3, -0.25) is 4.79 Å². The van der Waals surface area contributed by atoms with Gasteiger partial charge in [-0.15, -0.1) is 0 Å². The van der Waals surface area contributed by atoms with Crippen molar-refractivity contribution < 1.29 is 54.0 Å². The Hall–Kier alpha value is -0.890. The van der Waals surface area contributed by atoms with Crippen LogP contribution in [-0.4, -0.2) is 105 Å². The average molecular weight is 679 g/mol. The van der Waals surface area contributed by atoms with Crippen LogP contribution in [0, 0.1) is 50.7 Å². The fourth-order valence-corrected chi connectivity index (χ4v) is 14.3. The zero-order valence-corrected chi connectivity index (χ0v) is 29.8. The molecule has 11 heteroatoms. The van der Waals surface area contributed by atoms with Crippen LogP contribution in [0.25, 0.3) is 0 Å². The molecular weight excluding hydrogens is 620 g/mol. The maximum Gasteiger partial charge on any atom is 0.302 e. The zero-order chi connectivity index (χ0) is 34.8. The van der Waals surface area contributed by atoms with Gasteiger partial charge in [-0.1, -0.05) is 34.6 Å². The quantitative estimate of drug-likeness (QED) is 0.219. The molecule has 0 aromatic carbocycles. The van der Waals surface area contributed by atoms with E-state index in [2.05, 4.69) is 34.6 Å². The molecule has 5 N–H and O–H groups in total. The second-order valence-corrected chi connectivity index (χ2v) is 18.9. The first kappa shape index (κ1) is 34.2.